The average Bonchev–Trinajstić information content (AvgIpc) is 2.71. The standard InChI is InChI=1S/C16H21BrFN3/c1-5-15(19-4)16-10(2)20-21(11(16)3)9-12-6-7-13(17)8-14(12)18/h6-8,15,19H,5,9H2,1-4H3. The van der Waals surface area contributed by atoms with Gasteiger partial charge in [0.1, 0.15) is 5.82 Å². The molecule has 0 aliphatic rings. The summed E-state index contributed by atoms with van der Waals surface area (Å²) in [6, 6.07) is 5.43. The van der Waals surface area contributed by atoms with Crippen molar-refractivity contribution in [2.75, 3.05) is 7.05 Å². The summed E-state index contributed by atoms with van der Waals surface area (Å²) in [5, 5.41) is 7.90. The smallest absolute Gasteiger partial charge is 0.129 e. The van der Waals surface area contributed by atoms with Crippen molar-refractivity contribution in [1.29, 1.82) is 0 Å². The Labute approximate surface area is 133 Å². The Bertz CT molecular complexity index is 633. The van der Waals surface area contributed by atoms with Gasteiger partial charge >= 0.3 is 0 Å². The van der Waals surface area contributed by atoms with E-state index in [1.165, 1.54) is 11.6 Å². The fraction of sp³-hybridized carbons (Fsp3) is 0.438. The SMILES string of the molecule is CCC(NC)c1c(C)nn(Cc2ccc(Br)cc2F)c1C. The molecule has 5 heteroatoms. The molecule has 114 valence electrons. The van der Waals surface area contributed by atoms with E-state index in [-0.39, 0.29) is 11.9 Å². The molecular formula is C16H21BrFN3. The fourth-order valence-corrected chi connectivity index (χ4v) is 3.07. The minimum atomic E-state index is -0.209. The highest BCUT2D eigenvalue weighted by molar-refractivity contribution is 9.10. The first-order chi connectivity index (χ1) is 9.97. The lowest BCUT2D eigenvalue weighted by Gasteiger charge is -2.15. The summed E-state index contributed by atoms with van der Waals surface area (Å²) in [4.78, 5) is 0. The second kappa shape index (κ2) is 6.71. The molecule has 1 aromatic heterocycles. The van der Waals surface area contributed by atoms with E-state index < -0.39 is 0 Å². The maximum Gasteiger partial charge on any atom is 0.129 e. The number of nitrogens with one attached hydrogen (secondary N) is 1. The van der Waals surface area contributed by atoms with E-state index in [2.05, 4.69) is 33.3 Å². The van der Waals surface area contributed by atoms with Crippen LogP contribution in [0.4, 0.5) is 4.39 Å². The molecule has 0 bridgehead atoms. The number of aryl methyl sites for hydroxylation is 1. The van der Waals surface area contributed by atoms with Gasteiger partial charge in [0.15, 0.2) is 0 Å². The van der Waals surface area contributed by atoms with Gasteiger partial charge in [-0.25, -0.2) is 4.39 Å². The van der Waals surface area contributed by atoms with Gasteiger partial charge in [0, 0.05) is 27.3 Å². The minimum absolute atomic E-state index is 0.209. The number of nitrogens with zero attached hydrogens (tertiary/aromatic N) is 2. The quantitative estimate of drug-likeness (QED) is 0.875. The lowest BCUT2D eigenvalue weighted by Crippen LogP contribution is -2.17. The zero-order valence-corrected chi connectivity index (χ0v) is 14.5. The highest BCUT2D eigenvalue weighted by atomic mass is 79.9. The molecule has 1 atom stereocenters. The molecule has 2 aromatic rings. The van der Waals surface area contributed by atoms with Crippen LogP contribution in [0.1, 0.15) is 41.9 Å². The third-order valence-electron chi connectivity index (χ3n) is 3.88. The second-order valence-electron chi connectivity index (χ2n) is 5.23. The number of hydrogen-bond donors (Lipinski definition) is 1. The Morgan fingerprint density at radius 3 is 2.67 bits per heavy atom. The van der Waals surface area contributed by atoms with Gasteiger partial charge in [-0.2, -0.15) is 5.10 Å². The van der Waals surface area contributed by atoms with Gasteiger partial charge in [0.05, 0.1) is 12.2 Å². The summed E-state index contributed by atoms with van der Waals surface area (Å²) >= 11 is 3.28. The molecule has 3 nitrogen and oxygen atoms in total. The molecular weight excluding hydrogens is 333 g/mol. The first-order valence-electron chi connectivity index (χ1n) is 7.13. The summed E-state index contributed by atoms with van der Waals surface area (Å²) in [5.74, 6) is -0.209. The van der Waals surface area contributed by atoms with E-state index >= 15 is 0 Å². The summed E-state index contributed by atoms with van der Waals surface area (Å²) in [6.45, 7) is 6.65. The molecule has 0 fully saturated rings. The van der Waals surface area contributed by atoms with Crippen molar-refractivity contribution in [2.24, 2.45) is 0 Å². The van der Waals surface area contributed by atoms with Crippen molar-refractivity contribution >= 4 is 15.9 Å². The van der Waals surface area contributed by atoms with Crippen LogP contribution in [0.25, 0.3) is 0 Å². The highest BCUT2D eigenvalue weighted by Crippen LogP contribution is 2.25. The lowest BCUT2D eigenvalue weighted by molar-refractivity contribution is 0.563. The first-order valence-corrected chi connectivity index (χ1v) is 7.92. The molecule has 0 radical (unpaired) electrons. The molecule has 0 amide bonds. The molecule has 21 heavy (non-hydrogen) atoms. The molecule has 1 aromatic carbocycles. The Balaban J connectivity index is 2.35. The largest absolute Gasteiger partial charge is 0.313 e. The number of hydrogen-bond acceptors (Lipinski definition) is 2. The van der Waals surface area contributed by atoms with Crippen LogP contribution >= 0.6 is 15.9 Å². The summed E-state index contributed by atoms with van der Waals surface area (Å²) < 4.78 is 16.6. The summed E-state index contributed by atoms with van der Waals surface area (Å²) in [7, 11) is 1.96. The second-order valence-corrected chi connectivity index (χ2v) is 6.14. The van der Waals surface area contributed by atoms with Crippen LogP contribution in [-0.4, -0.2) is 16.8 Å². The molecule has 1 heterocycles. The molecule has 0 saturated carbocycles. The third-order valence-corrected chi connectivity index (χ3v) is 4.37. The first kappa shape index (κ1) is 16.2. The zero-order valence-electron chi connectivity index (χ0n) is 12.9. The van der Waals surface area contributed by atoms with Crippen LogP contribution in [0.2, 0.25) is 0 Å². The van der Waals surface area contributed by atoms with E-state index in [4.69, 9.17) is 0 Å². The van der Waals surface area contributed by atoms with Crippen molar-refractivity contribution in [3.8, 4) is 0 Å². The van der Waals surface area contributed by atoms with Gasteiger partial charge in [-0.3, -0.25) is 4.68 Å². The normalized spacial score (nSPS) is 12.7. The topological polar surface area (TPSA) is 29.9 Å². The van der Waals surface area contributed by atoms with E-state index in [0.29, 0.717) is 12.1 Å². The molecule has 1 unspecified atom stereocenters. The van der Waals surface area contributed by atoms with E-state index in [0.717, 1.165) is 22.3 Å². The van der Waals surface area contributed by atoms with Crippen LogP contribution in [-0.2, 0) is 6.54 Å². The van der Waals surface area contributed by atoms with Gasteiger partial charge in [-0.05, 0) is 39.4 Å². The van der Waals surface area contributed by atoms with Crippen molar-refractivity contribution in [2.45, 2.75) is 39.8 Å². The minimum Gasteiger partial charge on any atom is -0.313 e. The molecule has 0 saturated heterocycles. The monoisotopic (exact) mass is 353 g/mol. The number of halogens is 2. The lowest BCUT2D eigenvalue weighted by atomic mass is 10.0. The van der Waals surface area contributed by atoms with Gasteiger partial charge in [0.25, 0.3) is 0 Å². The summed E-state index contributed by atoms with van der Waals surface area (Å²) in [5.41, 5.74) is 3.97. The predicted octanol–water partition coefficient (Wildman–Crippen LogP) is 4.12. The van der Waals surface area contributed by atoms with Crippen LogP contribution in [0.5, 0.6) is 0 Å². The number of aromatic nitrogens is 2. The van der Waals surface area contributed by atoms with E-state index in [1.54, 1.807) is 6.07 Å². The average molecular weight is 354 g/mol. The van der Waals surface area contributed by atoms with E-state index in [1.807, 2.05) is 31.6 Å². The zero-order chi connectivity index (χ0) is 15.6. The van der Waals surface area contributed by atoms with Gasteiger partial charge < -0.3 is 5.32 Å². The maximum absolute atomic E-state index is 14.0. The van der Waals surface area contributed by atoms with Gasteiger partial charge in [-0.1, -0.05) is 28.9 Å². The van der Waals surface area contributed by atoms with Crippen molar-refractivity contribution in [3.63, 3.8) is 0 Å². The Kier molecular flexibility index (Phi) is 5.17. The van der Waals surface area contributed by atoms with Crippen LogP contribution < -0.4 is 5.32 Å². The molecule has 0 spiro atoms. The molecule has 2 rings (SSSR count). The fourth-order valence-electron chi connectivity index (χ4n) is 2.73. The number of rotatable bonds is 5. The van der Waals surface area contributed by atoms with Crippen molar-refractivity contribution in [3.05, 3.63) is 51.0 Å². The van der Waals surface area contributed by atoms with Gasteiger partial charge in [0.2, 0.25) is 0 Å². The Morgan fingerprint density at radius 2 is 2.10 bits per heavy atom. The number of benzene rings is 1. The van der Waals surface area contributed by atoms with E-state index in [9.17, 15) is 4.39 Å². The van der Waals surface area contributed by atoms with Crippen molar-refractivity contribution < 1.29 is 4.39 Å². The van der Waals surface area contributed by atoms with Crippen molar-refractivity contribution in [1.82, 2.24) is 15.1 Å². The summed E-state index contributed by atoms with van der Waals surface area (Å²) in [6.07, 6.45) is 0.997. The van der Waals surface area contributed by atoms with Crippen LogP contribution in [0, 0.1) is 19.7 Å². The third kappa shape index (κ3) is 3.35. The predicted molar refractivity (Wildman–Crippen MR) is 87.0 cm³/mol. The van der Waals surface area contributed by atoms with Gasteiger partial charge in [-0.15, -0.1) is 0 Å². The maximum atomic E-state index is 14.0. The Morgan fingerprint density at radius 1 is 1.38 bits per heavy atom. The highest BCUT2D eigenvalue weighted by Gasteiger charge is 2.19. The molecule has 0 aliphatic carbocycles. The van der Waals surface area contributed by atoms with Crippen LogP contribution in [0.3, 0.4) is 0 Å². The van der Waals surface area contributed by atoms with Crippen LogP contribution in [0.15, 0.2) is 22.7 Å². The molecule has 1 N–H and O–H groups in total. The molecule has 0 aliphatic heterocycles. The Hall–Kier alpha value is -1.20.